The quantitative estimate of drug-likeness (QED) is 0.803. The number of nitrogens with zero attached hydrogens (tertiary/aromatic N) is 1. The van der Waals surface area contributed by atoms with Crippen LogP contribution in [-0.4, -0.2) is 36.5 Å². The number of nitrogens with one attached hydrogen (secondary N) is 1. The van der Waals surface area contributed by atoms with E-state index in [-0.39, 0.29) is 24.3 Å². The molecule has 1 atom stereocenters. The second kappa shape index (κ2) is 7.03. The van der Waals surface area contributed by atoms with E-state index < -0.39 is 12.1 Å². The molecule has 6 nitrogen and oxygen atoms in total. The van der Waals surface area contributed by atoms with Crippen LogP contribution in [0, 0.1) is 0 Å². The minimum Gasteiger partial charge on any atom is -0.452 e. The Kier molecular flexibility index (Phi) is 4.83. The van der Waals surface area contributed by atoms with Crippen LogP contribution in [0.1, 0.15) is 38.2 Å². The predicted molar refractivity (Wildman–Crippen MR) is 88.5 cm³/mol. The Morgan fingerprint density at radius 2 is 2.00 bits per heavy atom. The maximum atomic E-state index is 12.0. The first-order chi connectivity index (χ1) is 11.5. The highest BCUT2D eigenvalue weighted by Gasteiger charge is 2.27. The molecule has 1 N–H and O–H groups in total. The van der Waals surface area contributed by atoms with E-state index in [4.69, 9.17) is 4.74 Å². The van der Waals surface area contributed by atoms with E-state index in [9.17, 15) is 14.4 Å². The van der Waals surface area contributed by atoms with Gasteiger partial charge < -0.3 is 15.0 Å². The fourth-order valence-corrected chi connectivity index (χ4v) is 2.72. The first kappa shape index (κ1) is 16.5. The van der Waals surface area contributed by atoms with Crippen LogP contribution in [0.2, 0.25) is 0 Å². The number of hydrogen-bond donors (Lipinski definition) is 1. The van der Waals surface area contributed by atoms with Crippen molar-refractivity contribution >= 4 is 23.5 Å². The number of esters is 1. The van der Waals surface area contributed by atoms with Crippen molar-refractivity contribution in [3.05, 3.63) is 29.8 Å². The molecular formula is C18H22N2O4. The van der Waals surface area contributed by atoms with Gasteiger partial charge >= 0.3 is 5.97 Å². The van der Waals surface area contributed by atoms with Gasteiger partial charge in [0, 0.05) is 24.7 Å². The summed E-state index contributed by atoms with van der Waals surface area (Å²) in [7, 11) is 0. The van der Waals surface area contributed by atoms with Crippen molar-refractivity contribution in [2.24, 2.45) is 0 Å². The normalized spacial score (nSPS) is 18.4. The predicted octanol–water partition coefficient (Wildman–Crippen LogP) is 1.57. The molecule has 1 saturated heterocycles. The number of rotatable bonds is 6. The maximum absolute atomic E-state index is 12.0. The second-order valence-electron chi connectivity index (χ2n) is 6.41. The van der Waals surface area contributed by atoms with Gasteiger partial charge in [-0.1, -0.05) is 12.1 Å². The molecule has 128 valence electrons. The van der Waals surface area contributed by atoms with E-state index in [0.717, 1.165) is 37.1 Å². The van der Waals surface area contributed by atoms with Crippen molar-refractivity contribution in [3.8, 4) is 0 Å². The zero-order chi connectivity index (χ0) is 17.1. The molecule has 2 fully saturated rings. The molecule has 0 aromatic heterocycles. The summed E-state index contributed by atoms with van der Waals surface area (Å²) in [4.78, 5) is 37.2. The van der Waals surface area contributed by atoms with E-state index in [1.54, 1.807) is 11.8 Å². The molecule has 1 aliphatic heterocycles. The molecule has 6 heteroatoms. The number of amides is 2. The number of carbonyl (C=O) groups is 3. The van der Waals surface area contributed by atoms with Crippen LogP contribution in [-0.2, 0) is 25.5 Å². The molecular weight excluding hydrogens is 308 g/mol. The summed E-state index contributed by atoms with van der Waals surface area (Å²) in [6.45, 7) is 2.32. The highest BCUT2D eigenvalue weighted by molar-refractivity contribution is 5.95. The fourth-order valence-electron chi connectivity index (χ4n) is 2.72. The lowest BCUT2D eigenvalue weighted by molar-refractivity contribution is -0.154. The number of hydrogen-bond acceptors (Lipinski definition) is 4. The summed E-state index contributed by atoms with van der Waals surface area (Å²) in [6, 6.07) is 7.57. The van der Waals surface area contributed by atoms with Gasteiger partial charge in [0.2, 0.25) is 5.91 Å². The summed E-state index contributed by atoms with van der Waals surface area (Å²) in [6.07, 6.45) is 2.80. The zero-order valence-electron chi connectivity index (χ0n) is 13.8. The Morgan fingerprint density at radius 3 is 2.58 bits per heavy atom. The smallest absolute Gasteiger partial charge is 0.311 e. The molecule has 0 radical (unpaired) electrons. The Bertz CT molecular complexity index is 637. The lowest BCUT2D eigenvalue weighted by Crippen LogP contribution is -2.37. The van der Waals surface area contributed by atoms with Crippen molar-refractivity contribution in [1.29, 1.82) is 0 Å². The van der Waals surface area contributed by atoms with Crippen LogP contribution in [0.5, 0.6) is 0 Å². The topological polar surface area (TPSA) is 75.7 Å². The van der Waals surface area contributed by atoms with Gasteiger partial charge in [0.15, 0.2) is 6.10 Å². The standard InChI is InChI=1S/C18H22N2O4/c1-12(18(23)19-14-6-7-14)24-17(22)11-13-4-8-15(9-5-13)20-10-2-3-16(20)21/h4-5,8-9,12,14H,2-3,6-7,10-11H2,1H3,(H,19,23)/t12-/m0/s1. The summed E-state index contributed by atoms with van der Waals surface area (Å²) in [5.74, 6) is -0.537. The van der Waals surface area contributed by atoms with E-state index in [2.05, 4.69) is 5.32 Å². The number of ether oxygens (including phenoxy) is 1. The lowest BCUT2D eigenvalue weighted by atomic mass is 10.1. The molecule has 1 aliphatic carbocycles. The second-order valence-corrected chi connectivity index (χ2v) is 6.41. The monoisotopic (exact) mass is 330 g/mol. The van der Waals surface area contributed by atoms with Crippen LogP contribution in [0.3, 0.4) is 0 Å². The minimum absolute atomic E-state index is 0.106. The van der Waals surface area contributed by atoms with Gasteiger partial charge in [0.1, 0.15) is 0 Å². The van der Waals surface area contributed by atoms with E-state index in [1.165, 1.54) is 0 Å². The first-order valence-corrected chi connectivity index (χ1v) is 8.42. The van der Waals surface area contributed by atoms with Gasteiger partial charge in [0.25, 0.3) is 5.91 Å². The van der Waals surface area contributed by atoms with Gasteiger partial charge in [-0.3, -0.25) is 14.4 Å². The van der Waals surface area contributed by atoms with Crippen molar-refractivity contribution in [3.63, 3.8) is 0 Å². The van der Waals surface area contributed by atoms with E-state index in [0.29, 0.717) is 6.42 Å². The fraction of sp³-hybridized carbons (Fsp3) is 0.500. The van der Waals surface area contributed by atoms with Gasteiger partial charge in [0.05, 0.1) is 6.42 Å². The maximum Gasteiger partial charge on any atom is 0.311 e. The van der Waals surface area contributed by atoms with Crippen LogP contribution in [0.25, 0.3) is 0 Å². The molecule has 1 aromatic carbocycles. The largest absolute Gasteiger partial charge is 0.452 e. The van der Waals surface area contributed by atoms with E-state index in [1.807, 2.05) is 24.3 Å². The highest BCUT2D eigenvalue weighted by atomic mass is 16.5. The average Bonchev–Trinajstić information content (AvgIpc) is 3.26. The summed E-state index contributed by atoms with van der Waals surface area (Å²) >= 11 is 0. The highest BCUT2D eigenvalue weighted by Crippen LogP contribution is 2.22. The van der Waals surface area contributed by atoms with Gasteiger partial charge in [-0.2, -0.15) is 0 Å². The molecule has 0 spiro atoms. The Hall–Kier alpha value is -2.37. The van der Waals surface area contributed by atoms with E-state index >= 15 is 0 Å². The van der Waals surface area contributed by atoms with Crippen molar-refractivity contribution in [2.75, 3.05) is 11.4 Å². The summed E-state index contributed by atoms with van der Waals surface area (Å²) in [5, 5.41) is 2.81. The van der Waals surface area contributed by atoms with Crippen molar-refractivity contribution in [2.45, 2.75) is 51.2 Å². The first-order valence-electron chi connectivity index (χ1n) is 8.42. The van der Waals surface area contributed by atoms with Crippen LogP contribution in [0.15, 0.2) is 24.3 Å². The summed E-state index contributed by atoms with van der Waals surface area (Å²) in [5.41, 5.74) is 1.65. The molecule has 1 aromatic rings. The zero-order valence-corrected chi connectivity index (χ0v) is 13.8. The molecule has 0 bridgehead atoms. The third-order valence-corrected chi connectivity index (χ3v) is 4.27. The Balaban J connectivity index is 1.50. The number of anilines is 1. The van der Waals surface area contributed by atoms with Crippen LogP contribution < -0.4 is 10.2 Å². The van der Waals surface area contributed by atoms with Gasteiger partial charge in [-0.25, -0.2) is 0 Å². The average molecular weight is 330 g/mol. The molecule has 2 amide bonds. The third-order valence-electron chi connectivity index (χ3n) is 4.27. The SMILES string of the molecule is C[C@H](OC(=O)Cc1ccc(N2CCCC2=O)cc1)C(=O)NC1CC1. The molecule has 0 unspecified atom stereocenters. The molecule has 24 heavy (non-hydrogen) atoms. The molecule has 3 rings (SSSR count). The van der Waals surface area contributed by atoms with Crippen molar-refractivity contribution in [1.82, 2.24) is 5.32 Å². The third kappa shape index (κ3) is 4.13. The number of benzene rings is 1. The Labute approximate surface area is 141 Å². The molecule has 1 saturated carbocycles. The number of carbonyl (C=O) groups excluding carboxylic acids is 3. The molecule has 2 aliphatic rings. The lowest BCUT2D eigenvalue weighted by Gasteiger charge is -2.16. The molecule has 1 heterocycles. The Morgan fingerprint density at radius 1 is 1.29 bits per heavy atom. The van der Waals surface area contributed by atoms with Gasteiger partial charge in [-0.15, -0.1) is 0 Å². The minimum atomic E-state index is -0.778. The van der Waals surface area contributed by atoms with Crippen LogP contribution >= 0.6 is 0 Å². The summed E-state index contributed by atoms with van der Waals surface area (Å²) < 4.78 is 5.18. The van der Waals surface area contributed by atoms with Crippen LogP contribution in [0.4, 0.5) is 5.69 Å². The van der Waals surface area contributed by atoms with Gasteiger partial charge in [-0.05, 0) is 43.9 Å². The van der Waals surface area contributed by atoms with Crippen molar-refractivity contribution < 1.29 is 19.1 Å².